The molecular weight excluding hydrogens is 248 g/mol. The predicted octanol–water partition coefficient (Wildman–Crippen LogP) is -0.110. The first-order chi connectivity index (χ1) is 9.16. The van der Waals surface area contributed by atoms with Crippen LogP contribution in [0.1, 0.15) is 23.3 Å². The molecule has 2 fully saturated rings. The average molecular weight is 262 g/mol. The number of hydrogen-bond acceptors (Lipinski definition) is 5. The largest absolute Gasteiger partial charge is 0.476 e. The highest BCUT2D eigenvalue weighted by Gasteiger charge is 2.41. The molecule has 7 nitrogen and oxygen atoms in total. The van der Waals surface area contributed by atoms with Crippen LogP contribution in [0.15, 0.2) is 12.4 Å². The monoisotopic (exact) mass is 262 g/mol. The highest BCUT2D eigenvalue weighted by Crippen LogP contribution is 2.30. The number of rotatable bonds is 2. The van der Waals surface area contributed by atoms with Crippen LogP contribution in [0.2, 0.25) is 0 Å². The van der Waals surface area contributed by atoms with Crippen molar-refractivity contribution < 1.29 is 14.7 Å². The Morgan fingerprint density at radius 1 is 1.47 bits per heavy atom. The Hall–Kier alpha value is -2.18. The minimum absolute atomic E-state index is 0.0240. The Bertz CT molecular complexity index is 533. The second-order valence-electron chi connectivity index (χ2n) is 4.82. The number of carbonyl (C=O) groups is 2. The first-order valence-electron chi connectivity index (χ1n) is 6.26. The molecule has 100 valence electrons. The van der Waals surface area contributed by atoms with Crippen molar-refractivity contribution in [2.75, 3.05) is 18.0 Å². The molecule has 2 saturated heterocycles. The van der Waals surface area contributed by atoms with Gasteiger partial charge in [-0.3, -0.25) is 9.78 Å². The molecule has 0 saturated carbocycles. The SMILES string of the molecule is O=C(O)c1cncc(N2CCCC3C(=O)NCC32)n1. The molecule has 2 aliphatic rings. The Kier molecular flexibility index (Phi) is 2.81. The van der Waals surface area contributed by atoms with E-state index in [4.69, 9.17) is 5.11 Å². The highest BCUT2D eigenvalue weighted by atomic mass is 16.4. The summed E-state index contributed by atoms with van der Waals surface area (Å²) in [6, 6.07) is 0.0552. The lowest BCUT2D eigenvalue weighted by atomic mass is 9.91. The summed E-state index contributed by atoms with van der Waals surface area (Å²) in [6.45, 7) is 1.36. The summed E-state index contributed by atoms with van der Waals surface area (Å²) < 4.78 is 0. The van der Waals surface area contributed by atoms with Gasteiger partial charge in [-0.15, -0.1) is 0 Å². The number of aromatic nitrogens is 2. The van der Waals surface area contributed by atoms with Crippen LogP contribution in [0.4, 0.5) is 5.82 Å². The number of fused-ring (bicyclic) bond motifs is 1. The molecule has 0 spiro atoms. The molecule has 7 heteroatoms. The van der Waals surface area contributed by atoms with E-state index in [2.05, 4.69) is 15.3 Å². The summed E-state index contributed by atoms with van der Waals surface area (Å²) in [5.74, 6) is -0.504. The predicted molar refractivity (Wildman–Crippen MR) is 65.9 cm³/mol. The van der Waals surface area contributed by atoms with Gasteiger partial charge in [0.25, 0.3) is 0 Å². The van der Waals surface area contributed by atoms with Gasteiger partial charge in [0.15, 0.2) is 5.69 Å². The first-order valence-corrected chi connectivity index (χ1v) is 6.26. The third-order valence-electron chi connectivity index (χ3n) is 3.74. The van der Waals surface area contributed by atoms with E-state index in [1.165, 1.54) is 6.20 Å². The van der Waals surface area contributed by atoms with Crippen LogP contribution in [-0.4, -0.2) is 46.1 Å². The Morgan fingerprint density at radius 2 is 2.32 bits per heavy atom. The van der Waals surface area contributed by atoms with Crippen molar-refractivity contribution in [3.05, 3.63) is 18.1 Å². The van der Waals surface area contributed by atoms with Crippen LogP contribution in [0.5, 0.6) is 0 Å². The number of aromatic carboxylic acids is 1. The van der Waals surface area contributed by atoms with Crippen molar-refractivity contribution in [2.24, 2.45) is 5.92 Å². The molecule has 0 bridgehead atoms. The Morgan fingerprint density at radius 3 is 3.11 bits per heavy atom. The summed E-state index contributed by atoms with van der Waals surface area (Å²) in [4.78, 5) is 32.6. The Balaban J connectivity index is 1.91. The van der Waals surface area contributed by atoms with Gasteiger partial charge in [-0.05, 0) is 12.8 Å². The fourth-order valence-electron chi connectivity index (χ4n) is 2.83. The van der Waals surface area contributed by atoms with Gasteiger partial charge in [0.05, 0.1) is 24.4 Å². The summed E-state index contributed by atoms with van der Waals surface area (Å²) >= 11 is 0. The molecule has 2 aliphatic heterocycles. The van der Waals surface area contributed by atoms with Gasteiger partial charge in [-0.2, -0.15) is 0 Å². The number of carboxylic acid groups (broad SMARTS) is 1. The molecule has 1 aromatic heterocycles. The third kappa shape index (κ3) is 2.00. The van der Waals surface area contributed by atoms with Gasteiger partial charge in [0.1, 0.15) is 5.82 Å². The van der Waals surface area contributed by atoms with Crippen LogP contribution < -0.4 is 10.2 Å². The zero-order chi connectivity index (χ0) is 13.4. The van der Waals surface area contributed by atoms with E-state index in [1.54, 1.807) is 6.20 Å². The summed E-state index contributed by atoms with van der Waals surface area (Å²) in [6.07, 6.45) is 4.55. The van der Waals surface area contributed by atoms with Crippen molar-refractivity contribution in [3.8, 4) is 0 Å². The van der Waals surface area contributed by atoms with Crippen LogP contribution >= 0.6 is 0 Å². The molecule has 3 rings (SSSR count). The number of nitrogens with one attached hydrogen (secondary N) is 1. The van der Waals surface area contributed by atoms with E-state index < -0.39 is 5.97 Å². The maximum Gasteiger partial charge on any atom is 0.356 e. The van der Waals surface area contributed by atoms with Crippen LogP contribution in [0.25, 0.3) is 0 Å². The molecule has 2 N–H and O–H groups in total. The second kappa shape index (κ2) is 4.49. The van der Waals surface area contributed by atoms with E-state index in [0.29, 0.717) is 12.4 Å². The van der Waals surface area contributed by atoms with Gasteiger partial charge in [0.2, 0.25) is 5.91 Å². The fraction of sp³-hybridized carbons (Fsp3) is 0.500. The minimum atomic E-state index is -1.09. The molecule has 3 heterocycles. The normalized spacial score (nSPS) is 25.9. The number of carboxylic acids is 1. The smallest absolute Gasteiger partial charge is 0.356 e. The molecule has 2 unspecified atom stereocenters. The molecule has 0 radical (unpaired) electrons. The van der Waals surface area contributed by atoms with Crippen molar-refractivity contribution in [1.29, 1.82) is 0 Å². The van der Waals surface area contributed by atoms with Gasteiger partial charge in [0, 0.05) is 13.1 Å². The maximum absolute atomic E-state index is 11.7. The standard InChI is InChI=1S/C12H14N4O3/c17-11-7-2-1-3-16(9(7)5-14-11)10-6-13-4-8(15-10)12(18)19/h4,6-7,9H,1-3,5H2,(H,14,17)(H,18,19). The quantitative estimate of drug-likeness (QED) is 0.772. The van der Waals surface area contributed by atoms with Crippen LogP contribution in [-0.2, 0) is 4.79 Å². The number of carbonyl (C=O) groups excluding carboxylic acids is 1. The van der Waals surface area contributed by atoms with E-state index in [9.17, 15) is 9.59 Å². The minimum Gasteiger partial charge on any atom is -0.476 e. The van der Waals surface area contributed by atoms with Gasteiger partial charge in [-0.1, -0.05) is 0 Å². The molecule has 0 aliphatic carbocycles. The molecule has 1 amide bonds. The lowest BCUT2D eigenvalue weighted by molar-refractivity contribution is -0.123. The lowest BCUT2D eigenvalue weighted by Crippen LogP contribution is -2.46. The summed E-state index contributed by atoms with van der Waals surface area (Å²) in [5, 5.41) is 11.8. The Labute approximate surface area is 109 Å². The van der Waals surface area contributed by atoms with Crippen molar-refractivity contribution in [2.45, 2.75) is 18.9 Å². The van der Waals surface area contributed by atoms with E-state index in [0.717, 1.165) is 19.4 Å². The summed E-state index contributed by atoms with van der Waals surface area (Å²) in [5.41, 5.74) is -0.0723. The van der Waals surface area contributed by atoms with Crippen molar-refractivity contribution in [1.82, 2.24) is 15.3 Å². The molecule has 19 heavy (non-hydrogen) atoms. The third-order valence-corrected chi connectivity index (χ3v) is 3.74. The van der Waals surface area contributed by atoms with Gasteiger partial charge < -0.3 is 15.3 Å². The number of anilines is 1. The van der Waals surface area contributed by atoms with Crippen molar-refractivity contribution in [3.63, 3.8) is 0 Å². The molecule has 2 atom stereocenters. The van der Waals surface area contributed by atoms with E-state index >= 15 is 0 Å². The van der Waals surface area contributed by atoms with Crippen LogP contribution in [0.3, 0.4) is 0 Å². The number of hydrogen-bond donors (Lipinski definition) is 2. The van der Waals surface area contributed by atoms with E-state index in [-0.39, 0.29) is 23.6 Å². The van der Waals surface area contributed by atoms with Gasteiger partial charge >= 0.3 is 5.97 Å². The lowest BCUT2D eigenvalue weighted by Gasteiger charge is -2.36. The number of nitrogens with zero attached hydrogens (tertiary/aromatic N) is 3. The number of amides is 1. The molecule has 1 aromatic rings. The zero-order valence-electron chi connectivity index (χ0n) is 10.2. The van der Waals surface area contributed by atoms with E-state index in [1.807, 2.05) is 4.90 Å². The summed E-state index contributed by atoms with van der Waals surface area (Å²) in [7, 11) is 0. The first kappa shape index (κ1) is 11.9. The molecule has 0 aromatic carbocycles. The fourth-order valence-corrected chi connectivity index (χ4v) is 2.83. The second-order valence-corrected chi connectivity index (χ2v) is 4.82. The zero-order valence-corrected chi connectivity index (χ0v) is 10.2. The maximum atomic E-state index is 11.7. The highest BCUT2D eigenvalue weighted by molar-refractivity contribution is 5.85. The number of piperidine rings is 1. The average Bonchev–Trinajstić information content (AvgIpc) is 2.81. The molecular formula is C12H14N4O3. The van der Waals surface area contributed by atoms with Crippen LogP contribution in [0, 0.1) is 5.92 Å². The van der Waals surface area contributed by atoms with Crippen molar-refractivity contribution >= 4 is 17.7 Å². The van der Waals surface area contributed by atoms with Gasteiger partial charge in [-0.25, -0.2) is 9.78 Å². The topological polar surface area (TPSA) is 95.4 Å².